The van der Waals surface area contributed by atoms with Crippen LogP contribution in [-0.2, 0) is 6.54 Å². The van der Waals surface area contributed by atoms with Gasteiger partial charge >= 0.3 is 6.36 Å². The number of rotatable bonds is 7. The number of nitrogens with two attached hydrogens (primary N) is 1. The van der Waals surface area contributed by atoms with E-state index in [0.717, 1.165) is 12.8 Å². The van der Waals surface area contributed by atoms with Gasteiger partial charge in [0.15, 0.2) is 11.5 Å². The van der Waals surface area contributed by atoms with Gasteiger partial charge in [-0.25, -0.2) is 9.50 Å². The molecule has 2 aliphatic carbocycles. The van der Waals surface area contributed by atoms with Crippen LogP contribution in [0.3, 0.4) is 0 Å². The number of aromatic nitrogens is 3. The molecule has 220 valence electrons. The Balaban J connectivity index is 1.35. The quantitative estimate of drug-likeness (QED) is 0.312. The molecule has 1 amide bonds. The van der Waals surface area contributed by atoms with Crippen molar-refractivity contribution in [1.82, 2.24) is 24.8 Å². The number of hydrogen-bond acceptors (Lipinski definition) is 8. The summed E-state index contributed by atoms with van der Waals surface area (Å²) in [5.74, 6) is -0.637. The number of aliphatic hydroxyl groups excluding tert-OH is 1. The molecule has 13 heteroatoms. The van der Waals surface area contributed by atoms with E-state index in [4.69, 9.17) is 5.73 Å². The minimum atomic E-state index is -4.99. The van der Waals surface area contributed by atoms with Crippen LogP contribution in [0.2, 0.25) is 0 Å². The van der Waals surface area contributed by atoms with E-state index in [1.165, 1.54) is 10.6 Å². The van der Waals surface area contributed by atoms with Crippen LogP contribution >= 0.6 is 0 Å². The highest BCUT2D eigenvalue weighted by Gasteiger charge is 2.42. The number of amides is 1. The van der Waals surface area contributed by atoms with E-state index in [9.17, 15) is 28.2 Å². The van der Waals surface area contributed by atoms with Gasteiger partial charge in [-0.3, -0.25) is 10.1 Å². The lowest BCUT2D eigenvalue weighted by Crippen LogP contribution is -2.41. The van der Waals surface area contributed by atoms with Crippen LogP contribution < -0.4 is 15.8 Å². The molecule has 0 bridgehead atoms. The lowest BCUT2D eigenvalue weighted by Gasteiger charge is -2.34. The molecule has 41 heavy (non-hydrogen) atoms. The number of hydrogen-bond donors (Lipinski definition) is 4. The minimum absolute atomic E-state index is 0.0555. The van der Waals surface area contributed by atoms with Crippen molar-refractivity contribution in [3.8, 4) is 17.0 Å². The second-order valence-corrected chi connectivity index (χ2v) is 11.8. The van der Waals surface area contributed by atoms with Crippen molar-refractivity contribution in [3.05, 3.63) is 41.1 Å². The second-order valence-electron chi connectivity index (χ2n) is 11.8. The van der Waals surface area contributed by atoms with Crippen LogP contribution in [0.1, 0.15) is 80.1 Å². The normalized spacial score (nSPS) is 24.5. The van der Waals surface area contributed by atoms with Crippen LogP contribution in [0.4, 0.5) is 19.0 Å². The number of alkyl halides is 3. The van der Waals surface area contributed by atoms with Gasteiger partial charge in [0.2, 0.25) is 0 Å². The molecule has 3 heterocycles. The zero-order valence-electron chi connectivity index (χ0n) is 22.8. The molecular weight excluding hydrogens is 541 g/mol. The van der Waals surface area contributed by atoms with Crippen LogP contribution in [0, 0.1) is 5.92 Å². The summed E-state index contributed by atoms with van der Waals surface area (Å²) in [5, 5.41) is 28.7. The molecular formula is C28H33F3N6O4. The van der Waals surface area contributed by atoms with Gasteiger partial charge in [0, 0.05) is 30.4 Å². The number of ether oxygens (including phenoxy) is 1. The summed E-state index contributed by atoms with van der Waals surface area (Å²) in [6.45, 7) is 3.89. The Labute approximate surface area is 234 Å². The Kier molecular flexibility index (Phi) is 6.66. The molecule has 3 aromatic rings. The Morgan fingerprint density at radius 2 is 1.93 bits per heavy atom. The topological polar surface area (TPSA) is 138 Å². The van der Waals surface area contributed by atoms with Crippen molar-refractivity contribution in [2.24, 2.45) is 5.92 Å². The lowest BCUT2D eigenvalue weighted by molar-refractivity contribution is -0.274. The van der Waals surface area contributed by atoms with Gasteiger partial charge in [0.05, 0.1) is 22.4 Å². The fourth-order valence-corrected chi connectivity index (χ4v) is 6.05. The first-order chi connectivity index (χ1) is 19.3. The first-order valence-corrected chi connectivity index (χ1v) is 13.8. The summed E-state index contributed by atoms with van der Waals surface area (Å²) < 4.78 is 46.0. The molecule has 2 aromatic heterocycles. The van der Waals surface area contributed by atoms with E-state index < -0.39 is 29.8 Å². The third-order valence-corrected chi connectivity index (χ3v) is 8.60. The molecule has 2 fully saturated rings. The molecule has 0 radical (unpaired) electrons. The summed E-state index contributed by atoms with van der Waals surface area (Å²) in [6, 6.07) is 4.27. The van der Waals surface area contributed by atoms with Crippen LogP contribution in [0.25, 0.3) is 16.9 Å². The first-order valence-electron chi connectivity index (χ1n) is 13.8. The number of anilines is 1. The predicted molar refractivity (Wildman–Crippen MR) is 143 cm³/mol. The molecule has 6 rings (SSSR count). The van der Waals surface area contributed by atoms with Crippen molar-refractivity contribution in [2.75, 3.05) is 5.73 Å². The number of carbonyl (C=O) groups is 1. The van der Waals surface area contributed by atoms with Crippen molar-refractivity contribution < 1.29 is 32.9 Å². The summed E-state index contributed by atoms with van der Waals surface area (Å²) in [4.78, 5) is 19.4. The number of nitrogen functional groups attached to an aromatic ring is 1. The Morgan fingerprint density at radius 3 is 2.59 bits per heavy atom. The van der Waals surface area contributed by atoms with E-state index in [0.29, 0.717) is 48.4 Å². The molecule has 3 aliphatic rings. The van der Waals surface area contributed by atoms with E-state index in [1.807, 2.05) is 6.92 Å². The molecule has 10 nitrogen and oxygen atoms in total. The Bertz CT molecular complexity index is 1490. The van der Waals surface area contributed by atoms with Crippen molar-refractivity contribution in [3.63, 3.8) is 0 Å². The average molecular weight is 575 g/mol. The van der Waals surface area contributed by atoms with Gasteiger partial charge in [0.1, 0.15) is 12.0 Å². The number of carbonyl (C=O) groups excluding carboxylic acids is 1. The lowest BCUT2D eigenvalue weighted by atomic mass is 9.83. The van der Waals surface area contributed by atoms with Gasteiger partial charge in [-0.05, 0) is 82.1 Å². The van der Waals surface area contributed by atoms with Crippen LogP contribution in [0.15, 0.2) is 24.4 Å². The predicted octanol–water partition coefficient (Wildman–Crippen LogP) is 3.91. The maximum atomic E-state index is 13.4. The third-order valence-electron chi connectivity index (χ3n) is 8.60. The summed E-state index contributed by atoms with van der Waals surface area (Å²) in [6.07, 6.45) is -0.164. The largest absolute Gasteiger partial charge is 0.573 e. The van der Waals surface area contributed by atoms with Crippen molar-refractivity contribution in [2.45, 2.75) is 89.2 Å². The zero-order chi connectivity index (χ0) is 29.3. The SMILES string of the molecule is C[C@@H](C1CC1)N1Cc2cc(-c3ccn4nc(N)c(C(O)NC5CCC(C)(O)CC5)c4n3)cc(OC(F)(F)F)c2C1=O. The van der Waals surface area contributed by atoms with E-state index in [-0.39, 0.29) is 41.2 Å². The summed E-state index contributed by atoms with van der Waals surface area (Å²) >= 11 is 0. The number of nitrogens with one attached hydrogen (secondary N) is 1. The third kappa shape index (κ3) is 5.45. The zero-order valence-corrected chi connectivity index (χ0v) is 22.8. The maximum Gasteiger partial charge on any atom is 0.573 e. The van der Waals surface area contributed by atoms with Gasteiger partial charge in [-0.1, -0.05) is 0 Å². The molecule has 1 aromatic carbocycles. The molecule has 2 atom stereocenters. The monoisotopic (exact) mass is 574 g/mol. The van der Waals surface area contributed by atoms with Crippen molar-refractivity contribution in [1.29, 1.82) is 0 Å². The molecule has 1 aliphatic heterocycles. The van der Waals surface area contributed by atoms with Gasteiger partial charge < -0.3 is 25.6 Å². The molecule has 1 unspecified atom stereocenters. The van der Waals surface area contributed by atoms with Gasteiger partial charge in [-0.15, -0.1) is 18.3 Å². The Morgan fingerprint density at radius 1 is 1.22 bits per heavy atom. The highest BCUT2D eigenvalue weighted by molar-refractivity contribution is 6.02. The van der Waals surface area contributed by atoms with Crippen molar-refractivity contribution >= 4 is 17.4 Å². The Hall–Kier alpha value is -3.42. The smallest absolute Gasteiger partial charge is 0.405 e. The van der Waals surface area contributed by atoms with Gasteiger partial charge in [0.25, 0.3) is 5.91 Å². The van der Waals surface area contributed by atoms with E-state index in [2.05, 4.69) is 20.1 Å². The number of benzene rings is 1. The minimum Gasteiger partial charge on any atom is -0.405 e. The molecule has 0 spiro atoms. The number of nitrogens with zero attached hydrogens (tertiary/aromatic N) is 4. The fourth-order valence-electron chi connectivity index (χ4n) is 6.05. The van der Waals surface area contributed by atoms with Gasteiger partial charge in [-0.2, -0.15) is 0 Å². The number of halogens is 3. The standard InChI is InChI=1S/C28H33F3N6O4/c1-14(15-3-4-15)36-13-17-11-16(12-20(21(17)26(36)39)41-28(29,30)31)19-7-10-37-24(34-19)22(23(32)35-37)25(38)33-18-5-8-27(2,40)9-6-18/h7,10-12,14-15,18,25,33,38,40H,3-6,8-9,13H2,1-2H3,(H2,32,35)/t14-,18?,25?,27?/m0/s1. The molecule has 5 N–H and O–H groups in total. The fraction of sp³-hybridized carbons (Fsp3) is 0.536. The average Bonchev–Trinajstić information content (AvgIpc) is 3.61. The molecule has 0 saturated heterocycles. The first kappa shape index (κ1) is 27.7. The highest BCUT2D eigenvalue weighted by atomic mass is 19.4. The van der Waals surface area contributed by atoms with Crippen LogP contribution in [0.5, 0.6) is 5.75 Å². The van der Waals surface area contributed by atoms with Crippen LogP contribution in [-0.4, -0.2) is 59.7 Å². The summed E-state index contributed by atoms with van der Waals surface area (Å²) in [7, 11) is 0. The second kappa shape index (κ2) is 9.85. The van der Waals surface area contributed by atoms with E-state index in [1.54, 1.807) is 30.2 Å². The number of fused-ring (bicyclic) bond motifs is 2. The molecule has 2 saturated carbocycles. The highest BCUT2D eigenvalue weighted by Crippen LogP contribution is 2.43. The maximum absolute atomic E-state index is 13.4. The summed E-state index contributed by atoms with van der Waals surface area (Å²) in [5.41, 5.74) is 6.87. The van der Waals surface area contributed by atoms with E-state index >= 15 is 0 Å². The number of aliphatic hydroxyl groups is 2.